The number of furan rings is 1. The van der Waals surface area contributed by atoms with E-state index in [1.54, 1.807) is 30.3 Å². The molecule has 18 heavy (non-hydrogen) atoms. The molecule has 0 fully saturated rings. The van der Waals surface area contributed by atoms with Crippen LogP contribution in [-0.2, 0) is 0 Å². The van der Waals surface area contributed by atoms with E-state index in [0.29, 0.717) is 10.9 Å². The first-order valence-corrected chi connectivity index (χ1v) is 5.94. The zero-order chi connectivity index (χ0) is 12.7. The smallest absolute Gasteiger partial charge is 0.335 e. The maximum Gasteiger partial charge on any atom is 0.335 e. The van der Waals surface area contributed by atoms with Crippen molar-refractivity contribution in [2.45, 2.75) is 0 Å². The quantitative estimate of drug-likeness (QED) is 0.748. The van der Waals surface area contributed by atoms with Crippen LogP contribution in [0.25, 0.3) is 16.8 Å². The zero-order valence-electron chi connectivity index (χ0n) is 9.01. The Kier molecular flexibility index (Phi) is 2.45. The van der Waals surface area contributed by atoms with Gasteiger partial charge in [0, 0.05) is 10.5 Å². The molecule has 0 radical (unpaired) electrons. The number of rotatable bonds is 1. The summed E-state index contributed by atoms with van der Waals surface area (Å²) in [7, 11) is 0. The van der Waals surface area contributed by atoms with Crippen molar-refractivity contribution < 1.29 is 4.42 Å². The third kappa shape index (κ3) is 1.62. The number of H-pyrrole nitrogens is 1. The second kappa shape index (κ2) is 3.99. The van der Waals surface area contributed by atoms with E-state index in [1.807, 2.05) is 0 Å². The maximum absolute atomic E-state index is 12.3. The number of halogens is 1. The Bertz CT molecular complexity index is 831. The second-order valence-electron chi connectivity index (χ2n) is 3.71. The predicted octanol–water partition coefficient (Wildman–Crippen LogP) is 2.03. The fraction of sp³-hybridized carbons (Fsp3) is 0. The molecule has 0 bridgehead atoms. The van der Waals surface area contributed by atoms with E-state index in [0.717, 1.165) is 9.04 Å². The minimum atomic E-state index is -0.523. The molecule has 0 saturated carbocycles. The van der Waals surface area contributed by atoms with Crippen LogP contribution in [0.5, 0.6) is 0 Å². The molecule has 3 rings (SSSR count). The van der Waals surface area contributed by atoms with E-state index >= 15 is 0 Å². The van der Waals surface area contributed by atoms with Crippen LogP contribution in [-0.4, -0.2) is 9.55 Å². The summed E-state index contributed by atoms with van der Waals surface area (Å²) in [5.74, 6) is 0.197. The first-order valence-electron chi connectivity index (χ1n) is 5.15. The van der Waals surface area contributed by atoms with E-state index in [1.165, 1.54) is 6.26 Å². The van der Waals surface area contributed by atoms with Gasteiger partial charge in [0.1, 0.15) is 0 Å². The summed E-state index contributed by atoms with van der Waals surface area (Å²) in [4.78, 5) is 26.8. The van der Waals surface area contributed by atoms with Gasteiger partial charge in [0.25, 0.3) is 5.56 Å². The van der Waals surface area contributed by atoms with Crippen LogP contribution in [0.4, 0.5) is 0 Å². The lowest BCUT2D eigenvalue weighted by molar-refractivity contribution is 0.528. The number of hydrogen-bond acceptors (Lipinski definition) is 3. The molecule has 0 aliphatic rings. The van der Waals surface area contributed by atoms with Gasteiger partial charge in [0.2, 0.25) is 5.88 Å². The molecule has 6 heteroatoms. The van der Waals surface area contributed by atoms with Crippen molar-refractivity contribution in [3.8, 4) is 5.88 Å². The van der Waals surface area contributed by atoms with Gasteiger partial charge in [-0.2, -0.15) is 4.57 Å². The first kappa shape index (κ1) is 11.0. The molecule has 5 nitrogen and oxygen atoms in total. The normalized spacial score (nSPS) is 10.9. The van der Waals surface area contributed by atoms with Crippen molar-refractivity contribution in [2.24, 2.45) is 0 Å². The van der Waals surface area contributed by atoms with Gasteiger partial charge in [-0.3, -0.25) is 4.79 Å². The first-order chi connectivity index (χ1) is 8.66. The summed E-state index contributed by atoms with van der Waals surface area (Å²) in [5.41, 5.74) is -0.439. The molecule has 1 N–H and O–H groups in total. The number of nitrogens with one attached hydrogen (secondary N) is 1. The Labute approximate surface area is 109 Å². The number of aromatic amines is 1. The van der Waals surface area contributed by atoms with Gasteiger partial charge < -0.3 is 9.40 Å². The van der Waals surface area contributed by atoms with Gasteiger partial charge in [-0.25, -0.2) is 4.79 Å². The van der Waals surface area contributed by atoms with Crippen molar-refractivity contribution in [1.29, 1.82) is 0 Å². The van der Waals surface area contributed by atoms with Crippen molar-refractivity contribution in [3.63, 3.8) is 0 Å². The van der Waals surface area contributed by atoms with Crippen molar-refractivity contribution in [1.82, 2.24) is 9.55 Å². The molecule has 0 atom stereocenters. The number of aromatic nitrogens is 2. The summed E-state index contributed by atoms with van der Waals surface area (Å²) in [5, 5.41) is 0.417. The van der Waals surface area contributed by atoms with Crippen molar-refractivity contribution in [3.05, 3.63) is 61.9 Å². The van der Waals surface area contributed by atoms with Crippen LogP contribution in [0.15, 0.2) is 55.1 Å². The Morgan fingerprint density at radius 1 is 1.22 bits per heavy atom. The molecule has 2 heterocycles. The molecule has 0 amide bonds. The minimum absolute atomic E-state index is 0.197. The molecular formula is C12H7BrN2O3. The van der Waals surface area contributed by atoms with Crippen molar-refractivity contribution in [2.75, 3.05) is 0 Å². The SMILES string of the molecule is O=c1[nH]c2ccc(Br)cc2c(=O)n1-c1ccco1. The fourth-order valence-corrected chi connectivity index (χ4v) is 2.14. The fourth-order valence-electron chi connectivity index (χ4n) is 1.78. The zero-order valence-corrected chi connectivity index (χ0v) is 10.6. The van der Waals surface area contributed by atoms with Gasteiger partial charge in [-0.05, 0) is 24.3 Å². The summed E-state index contributed by atoms with van der Waals surface area (Å²) < 4.78 is 6.83. The van der Waals surface area contributed by atoms with Gasteiger partial charge in [-0.15, -0.1) is 0 Å². The minimum Gasteiger partial charge on any atom is -0.448 e. The molecule has 0 aliphatic heterocycles. The monoisotopic (exact) mass is 306 g/mol. The van der Waals surface area contributed by atoms with E-state index < -0.39 is 11.2 Å². The van der Waals surface area contributed by atoms with E-state index in [9.17, 15) is 9.59 Å². The van der Waals surface area contributed by atoms with Crippen LogP contribution >= 0.6 is 15.9 Å². The highest BCUT2D eigenvalue weighted by molar-refractivity contribution is 9.10. The molecule has 90 valence electrons. The van der Waals surface area contributed by atoms with Crippen molar-refractivity contribution >= 4 is 26.8 Å². The highest BCUT2D eigenvalue weighted by Crippen LogP contribution is 2.14. The Hall–Kier alpha value is -2.08. The van der Waals surface area contributed by atoms with Gasteiger partial charge in [0.15, 0.2) is 0 Å². The lowest BCUT2D eigenvalue weighted by Gasteiger charge is -2.03. The van der Waals surface area contributed by atoms with Gasteiger partial charge in [-0.1, -0.05) is 15.9 Å². The molecule has 3 aromatic rings. The summed E-state index contributed by atoms with van der Waals surface area (Å²) in [6.07, 6.45) is 1.41. The van der Waals surface area contributed by atoms with Crippen LogP contribution in [0.3, 0.4) is 0 Å². The average Bonchev–Trinajstić information content (AvgIpc) is 2.84. The third-order valence-corrected chi connectivity index (χ3v) is 3.08. The van der Waals surface area contributed by atoms with Crippen LogP contribution in [0, 0.1) is 0 Å². The van der Waals surface area contributed by atoms with E-state index in [-0.39, 0.29) is 5.88 Å². The second-order valence-corrected chi connectivity index (χ2v) is 4.63. The lowest BCUT2D eigenvalue weighted by Crippen LogP contribution is -2.33. The number of nitrogens with zero attached hydrogens (tertiary/aromatic N) is 1. The third-order valence-electron chi connectivity index (χ3n) is 2.59. The van der Waals surface area contributed by atoms with Crippen LogP contribution < -0.4 is 11.2 Å². The molecule has 0 spiro atoms. The maximum atomic E-state index is 12.3. The summed E-state index contributed by atoms with van der Waals surface area (Å²) in [6.45, 7) is 0. The highest BCUT2D eigenvalue weighted by atomic mass is 79.9. The van der Waals surface area contributed by atoms with E-state index in [4.69, 9.17) is 4.42 Å². The molecule has 0 unspecified atom stereocenters. The summed E-state index contributed by atoms with van der Waals surface area (Å²) >= 11 is 3.29. The summed E-state index contributed by atoms with van der Waals surface area (Å²) in [6, 6.07) is 8.27. The topological polar surface area (TPSA) is 68.0 Å². The molecule has 0 aliphatic carbocycles. The highest BCUT2D eigenvalue weighted by Gasteiger charge is 2.11. The Morgan fingerprint density at radius 2 is 2.06 bits per heavy atom. The number of benzene rings is 1. The number of fused-ring (bicyclic) bond motifs is 1. The van der Waals surface area contributed by atoms with E-state index in [2.05, 4.69) is 20.9 Å². The predicted molar refractivity (Wildman–Crippen MR) is 70.1 cm³/mol. The average molecular weight is 307 g/mol. The van der Waals surface area contributed by atoms with Crippen LogP contribution in [0.1, 0.15) is 0 Å². The standard InChI is InChI=1S/C12H7BrN2O3/c13-7-3-4-9-8(6-7)11(16)15(12(17)14-9)10-2-1-5-18-10/h1-6H,(H,14,17). The lowest BCUT2D eigenvalue weighted by atomic mass is 10.2. The largest absolute Gasteiger partial charge is 0.448 e. The molecule has 0 saturated heterocycles. The Morgan fingerprint density at radius 3 is 2.78 bits per heavy atom. The Balaban J connectivity index is 2.48. The van der Waals surface area contributed by atoms with Gasteiger partial charge >= 0.3 is 5.69 Å². The molecule has 2 aromatic heterocycles. The van der Waals surface area contributed by atoms with Gasteiger partial charge in [0.05, 0.1) is 17.2 Å². The van der Waals surface area contributed by atoms with Crippen LogP contribution in [0.2, 0.25) is 0 Å². The number of hydrogen-bond donors (Lipinski definition) is 1. The molecule has 1 aromatic carbocycles. The molecular weight excluding hydrogens is 300 g/mol.